The third-order valence-corrected chi connectivity index (χ3v) is 6.58. The van der Waals surface area contributed by atoms with E-state index < -0.39 is 11.6 Å². The minimum Gasteiger partial charge on any atom is -0.467 e. The van der Waals surface area contributed by atoms with Crippen molar-refractivity contribution in [2.45, 2.75) is 44.2 Å². The first kappa shape index (κ1) is 17.3. The Kier molecular flexibility index (Phi) is 3.93. The molecule has 4 unspecified atom stereocenters. The zero-order valence-corrected chi connectivity index (χ0v) is 15.9. The standard InChI is InChI=1S/C23H24N2O3/c1-14-8-2-4-11-17(14)24-21(26)20-19-15-9-3-5-12-18(15)28-23(25-22(20)27)13-7-6-10-16(19)23/h2-5,8-9,11-12,16,19-20H,6-7,10,13H2,1H3,(H,24,26)(H,25,27). The number of aryl methyl sites for hydroxylation is 1. The van der Waals surface area contributed by atoms with E-state index in [9.17, 15) is 9.59 Å². The summed E-state index contributed by atoms with van der Waals surface area (Å²) in [5, 5.41) is 6.11. The minimum atomic E-state index is -0.763. The molecule has 0 aromatic heterocycles. The van der Waals surface area contributed by atoms with Crippen LogP contribution in [0.2, 0.25) is 0 Å². The zero-order valence-electron chi connectivity index (χ0n) is 15.9. The Morgan fingerprint density at radius 1 is 1.14 bits per heavy atom. The maximum absolute atomic E-state index is 13.3. The quantitative estimate of drug-likeness (QED) is 0.785. The van der Waals surface area contributed by atoms with Gasteiger partial charge in [-0.05, 0) is 43.0 Å². The van der Waals surface area contributed by atoms with Gasteiger partial charge < -0.3 is 15.4 Å². The minimum absolute atomic E-state index is 0.112. The third-order valence-electron chi connectivity index (χ3n) is 6.58. The number of para-hydroxylation sites is 2. The summed E-state index contributed by atoms with van der Waals surface area (Å²) in [6, 6.07) is 15.5. The van der Waals surface area contributed by atoms with Crippen LogP contribution in [0.1, 0.15) is 42.7 Å². The summed E-state index contributed by atoms with van der Waals surface area (Å²) in [5.74, 6) is -0.499. The lowest BCUT2D eigenvalue weighted by Gasteiger charge is -2.55. The van der Waals surface area contributed by atoms with Crippen LogP contribution in [0.25, 0.3) is 0 Å². The number of carbonyl (C=O) groups excluding carboxylic acids is 2. The number of anilines is 1. The van der Waals surface area contributed by atoms with Crippen molar-refractivity contribution in [3.63, 3.8) is 0 Å². The second kappa shape index (κ2) is 6.36. The van der Waals surface area contributed by atoms with Crippen LogP contribution < -0.4 is 15.4 Å². The highest BCUT2D eigenvalue weighted by Crippen LogP contribution is 2.55. The van der Waals surface area contributed by atoms with Crippen molar-refractivity contribution >= 4 is 17.5 Å². The van der Waals surface area contributed by atoms with E-state index in [1.165, 1.54) is 0 Å². The average molecular weight is 376 g/mol. The normalized spacial score (nSPS) is 30.3. The van der Waals surface area contributed by atoms with Gasteiger partial charge in [0, 0.05) is 23.9 Å². The van der Waals surface area contributed by atoms with Gasteiger partial charge in [0.1, 0.15) is 11.7 Å². The Morgan fingerprint density at radius 3 is 2.79 bits per heavy atom. The van der Waals surface area contributed by atoms with Gasteiger partial charge in [0.15, 0.2) is 5.72 Å². The second-order valence-corrected chi connectivity index (χ2v) is 8.18. The molecule has 5 heteroatoms. The highest BCUT2D eigenvalue weighted by Gasteiger charge is 2.60. The van der Waals surface area contributed by atoms with Crippen LogP contribution in [0.4, 0.5) is 5.69 Å². The van der Waals surface area contributed by atoms with E-state index in [0.717, 1.165) is 48.2 Å². The molecule has 0 radical (unpaired) electrons. The number of nitrogens with one attached hydrogen (secondary N) is 2. The molecule has 2 N–H and O–H groups in total. The lowest BCUT2D eigenvalue weighted by atomic mass is 9.62. The number of carbonyl (C=O) groups is 2. The van der Waals surface area contributed by atoms with Crippen molar-refractivity contribution in [3.8, 4) is 5.75 Å². The predicted octanol–water partition coefficient (Wildman–Crippen LogP) is 3.74. The van der Waals surface area contributed by atoms with Gasteiger partial charge >= 0.3 is 0 Å². The number of ether oxygens (including phenoxy) is 1. The van der Waals surface area contributed by atoms with Crippen LogP contribution in [0, 0.1) is 18.8 Å². The molecular formula is C23H24N2O3. The average Bonchev–Trinajstić information content (AvgIpc) is 2.68. The predicted molar refractivity (Wildman–Crippen MR) is 106 cm³/mol. The fraction of sp³-hybridized carbons (Fsp3) is 0.391. The Labute approximate surface area is 164 Å². The van der Waals surface area contributed by atoms with Crippen molar-refractivity contribution in [1.82, 2.24) is 5.32 Å². The monoisotopic (exact) mass is 376 g/mol. The van der Waals surface area contributed by atoms with Gasteiger partial charge in [-0.1, -0.05) is 42.8 Å². The molecule has 1 saturated heterocycles. The fourth-order valence-electron chi connectivity index (χ4n) is 5.28. The van der Waals surface area contributed by atoms with E-state index in [1.807, 2.05) is 55.5 Å². The first-order chi connectivity index (χ1) is 13.6. The number of hydrogen-bond acceptors (Lipinski definition) is 3. The largest absolute Gasteiger partial charge is 0.467 e. The van der Waals surface area contributed by atoms with E-state index in [0.29, 0.717) is 0 Å². The summed E-state index contributed by atoms with van der Waals surface area (Å²) in [6.45, 7) is 1.95. The summed E-state index contributed by atoms with van der Waals surface area (Å²) in [7, 11) is 0. The maximum atomic E-state index is 13.3. The van der Waals surface area contributed by atoms with E-state index in [2.05, 4.69) is 10.6 Å². The molecular weight excluding hydrogens is 352 g/mol. The topological polar surface area (TPSA) is 67.4 Å². The van der Waals surface area contributed by atoms with Crippen LogP contribution in [0.5, 0.6) is 5.75 Å². The number of rotatable bonds is 2. The number of hydrogen-bond donors (Lipinski definition) is 2. The molecule has 2 aromatic rings. The second-order valence-electron chi connectivity index (χ2n) is 8.18. The Hall–Kier alpha value is -2.82. The van der Waals surface area contributed by atoms with Crippen LogP contribution in [0.15, 0.2) is 48.5 Å². The van der Waals surface area contributed by atoms with Gasteiger partial charge in [-0.25, -0.2) is 0 Å². The molecule has 5 rings (SSSR count). The van der Waals surface area contributed by atoms with E-state index in [-0.39, 0.29) is 23.7 Å². The van der Waals surface area contributed by atoms with Crippen molar-refractivity contribution in [3.05, 3.63) is 59.7 Å². The van der Waals surface area contributed by atoms with Crippen molar-refractivity contribution in [2.75, 3.05) is 5.32 Å². The molecule has 5 nitrogen and oxygen atoms in total. The number of amides is 2. The van der Waals surface area contributed by atoms with E-state index in [1.54, 1.807) is 0 Å². The fourth-order valence-corrected chi connectivity index (χ4v) is 5.28. The molecule has 4 atom stereocenters. The molecule has 1 saturated carbocycles. The Balaban J connectivity index is 1.57. The molecule has 2 bridgehead atoms. The number of fused-ring (bicyclic) bond motifs is 2. The molecule has 2 aromatic carbocycles. The Morgan fingerprint density at radius 2 is 1.93 bits per heavy atom. The molecule has 144 valence electrons. The summed E-state index contributed by atoms with van der Waals surface area (Å²) in [4.78, 5) is 26.4. The Bertz CT molecular complexity index is 956. The van der Waals surface area contributed by atoms with Crippen molar-refractivity contribution in [2.24, 2.45) is 11.8 Å². The van der Waals surface area contributed by atoms with Gasteiger partial charge in [0.25, 0.3) is 0 Å². The first-order valence-electron chi connectivity index (χ1n) is 10.1. The highest BCUT2D eigenvalue weighted by molar-refractivity contribution is 6.08. The molecule has 28 heavy (non-hydrogen) atoms. The SMILES string of the molecule is Cc1ccccc1NC(=O)C1C(=O)NC23CCCCC2C1c1ccccc1O3. The molecule has 0 spiro atoms. The number of piperidine rings is 1. The summed E-state index contributed by atoms with van der Waals surface area (Å²) >= 11 is 0. The van der Waals surface area contributed by atoms with Crippen LogP contribution in [0.3, 0.4) is 0 Å². The van der Waals surface area contributed by atoms with Gasteiger partial charge in [-0.3, -0.25) is 9.59 Å². The van der Waals surface area contributed by atoms with Gasteiger partial charge in [0.05, 0.1) is 0 Å². The first-order valence-corrected chi connectivity index (χ1v) is 10.1. The van der Waals surface area contributed by atoms with E-state index in [4.69, 9.17) is 4.74 Å². The van der Waals surface area contributed by atoms with Gasteiger partial charge in [0.2, 0.25) is 11.8 Å². The van der Waals surface area contributed by atoms with Crippen molar-refractivity contribution < 1.29 is 14.3 Å². The zero-order chi connectivity index (χ0) is 19.3. The molecule has 2 heterocycles. The van der Waals surface area contributed by atoms with Crippen LogP contribution >= 0.6 is 0 Å². The molecule has 2 fully saturated rings. The highest BCUT2D eigenvalue weighted by atomic mass is 16.5. The molecule has 1 aliphatic carbocycles. The molecule has 2 aliphatic heterocycles. The lowest BCUT2D eigenvalue weighted by Crippen LogP contribution is -2.69. The van der Waals surface area contributed by atoms with Gasteiger partial charge in [-0.15, -0.1) is 0 Å². The molecule has 2 amide bonds. The van der Waals surface area contributed by atoms with E-state index >= 15 is 0 Å². The summed E-state index contributed by atoms with van der Waals surface area (Å²) < 4.78 is 6.37. The maximum Gasteiger partial charge on any atom is 0.237 e. The van der Waals surface area contributed by atoms with Crippen LogP contribution in [-0.4, -0.2) is 17.5 Å². The summed E-state index contributed by atoms with van der Waals surface area (Å²) in [5.41, 5.74) is 2.03. The molecule has 3 aliphatic rings. The van der Waals surface area contributed by atoms with Crippen LogP contribution in [-0.2, 0) is 9.59 Å². The number of benzene rings is 2. The third kappa shape index (κ3) is 2.53. The van der Waals surface area contributed by atoms with Gasteiger partial charge in [-0.2, -0.15) is 0 Å². The smallest absolute Gasteiger partial charge is 0.237 e. The summed E-state index contributed by atoms with van der Waals surface area (Å²) in [6.07, 6.45) is 3.86. The van der Waals surface area contributed by atoms with Crippen molar-refractivity contribution in [1.29, 1.82) is 0 Å². The lowest BCUT2D eigenvalue weighted by molar-refractivity contribution is -0.160.